The Balaban J connectivity index is 1.55. The predicted octanol–water partition coefficient (Wildman–Crippen LogP) is 5.97. The molecule has 4 rings (SSSR count). The van der Waals surface area contributed by atoms with E-state index in [0.717, 1.165) is 24.7 Å². The number of hydrogen-bond donors (Lipinski definition) is 2. The summed E-state index contributed by atoms with van der Waals surface area (Å²) in [6, 6.07) is 0. The molecule has 2 N–H and O–H groups in total. The van der Waals surface area contributed by atoms with Gasteiger partial charge in [0.2, 0.25) is 0 Å². The zero-order chi connectivity index (χ0) is 20.2. The first-order chi connectivity index (χ1) is 13.3. The van der Waals surface area contributed by atoms with Crippen LogP contribution in [0.2, 0.25) is 0 Å². The summed E-state index contributed by atoms with van der Waals surface area (Å²) in [7, 11) is 0. The minimum Gasteiger partial charge on any atom is -0.396 e. The van der Waals surface area contributed by atoms with Gasteiger partial charge in [-0.25, -0.2) is 0 Å². The standard InChI is InChI=1S/C26H44O2/c1-18(2)9-5-6-10-19-11-12-20-23-21(13-16-24(19,20)3)25(4)14-7-8-15-26(25,28)22(23)17-27/h8,15,18-23,27-28H,5-7,9-14,16-17H2,1-4H3/t19-,20?,21?,22+,23?,24+,25+,26+/m0/s1. The number of aliphatic hydroxyl groups excluding tert-OH is 1. The minimum atomic E-state index is -0.796. The third kappa shape index (κ3) is 2.88. The molecule has 0 aromatic heterocycles. The van der Waals surface area contributed by atoms with E-state index in [9.17, 15) is 10.2 Å². The molecule has 0 saturated heterocycles. The lowest BCUT2D eigenvalue weighted by atomic mass is 9.54. The lowest BCUT2D eigenvalue weighted by molar-refractivity contribution is -0.0756. The normalized spacial score (nSPS) is 49.9. The quantitative estimate of drug-likeness (QED) is 0.434. The first kappa shape index (κ1) is 20.9. The molecule has 8 atom stereocenters. The van der Waals surface area contributed by atoms with Crippen molar-refractivity contribution in [1.82, 2.24) is 0 Å². The topological polar surface area (TPSA) is 40.5 Å². The summed E-state index contributed by atoms with van der Waals surface area (Å²) in [6.45, 7) is 9.73. The Hall–Kier alpha value is -0.340. The molecule has 4 aliphatic rings. The van der Waals surface area contributed by atoms with Gasteiger partial charge in [0.05, 0.1) is 5.60 Å². The van der Waals surface area contributed by atoms with Crippen LogP contribution < -0.4 is 0 Å². The fraction of sp³-hybridized carbons (Fsp3) is 0.923. The van der Waals surface area contributed by atoms with Crippen LogP contribution in [0, 0.1) is 46.3 Å². The highest BCUT2D eigenvalue weighted by Crippen LogP contribution is 2.71. The van der Waals surface area contributed by atoms with Crippen molar-refractivity contribution in [2.75, 3.05) is 6.61 Å². The molecule has 3 fully saturated rings. The summed E-state index contributed by atoms with van der Waals surface area (Å²) in [5.41, 5.74) is -0.414. The van der Waals surface area contributed by atoms with Crippen molar-refractivity contribution in [3.8, 4) is 0 Å². The van der Waals surface area contributed by atoms with E-state index in [-0.39, 0.29) is 17.9 Å². The largest absolute Gasteiger partial charge is 0.396 e. The minimum absolute atomic E-state index is 0.0309. The van der Waals surface area contributed by atoms with Crippen LogP contribution in [0.4, 0.5) is 0 Å². The molecule has 0 bridgehead atoms. The van der Waals surface area contributed by atoms with Crippen LogP contribution in [0.15, 0.2) is 12.2 Å². The highest BCUT2D eigenvalue weighted by molar-refractivity contribution is 5.27. The summed E-state index contributed by atoms with van der Waals surface area (Å²) in [5.74, 6) is 3.48. The summed E-state index contributed by atoms with van der Waals surface area (Å²) in [4.78, 5) is 0. The van der Waals surface area contributed by atoms with Crippen LogP contribution in [0.1, 0.15) is 91.9 Å². The molecule has 0 heterocycles. The van der Waals surface area contributed by atoms with Crippen molar-refractivity contribution in [2.45, 2.75) is 97.5 Å². The second-order valence-corrected chi connectivity index (χ2v) is 11.8. The van der Waals surface area contributed by atoms with E-state index in [2.05, 4.69) is 39.8 Å². The molecule has 0 amide bonds. The van der Waals surface area contributed by atoms with Crippen LogP contribution in [0.5, 0.6) is 0 Å². The van der Waals surface area contributed by atoms with Crippen molar-refractivity contribution in [3.05, 3.63) is 12.2 Å². The van der Waals surface area contributed by atoms with E-state index >= 15 is 0 Å². The first-order valence-electron chi connectivity index (χ1n) is 12.3. The van der Waals surface area contributed by atoms with Gasteiger partial charge < -0.3 is 10.2 Å². The smallest absolute Gasteiger partial charge is 0.0936 e. The molecule has 3 unspecified atom stereocenters. The van der Waals surface area contributed by atoms with Crippen molar-refractivity contribution in [3.63, 3.8) is 0 Å². The second kappa shape index (κ2) is 7.41. The maximum absolute atomic E-state index is 11.8. The van der Waals surface area contributed by atoms with Crippen LogP contribution in [-0.4, -0.2) is 22.4 Å². The Morgan fingerprint density at radius 3 is 2.54 bits per heavy atom. The lowest BCUT2D eigenvalue weighted by Crippen LogP contribution is -2.49. The van der Waals surface area contributed by atoms with E-state index in [1.807, 2.05) is 0 Å². The number of hydrogen-bond acceptors (Lipinski definition) is 2. The van der Waals surface area contributed by atoms with Crippen LogP contribution in [0.3, 0.4) is 0 Å². The van der Waals surface area contributed by atoms with Gasteiger partial charge in [-0.2, -0.15) is 0 Å². The molecule has 0 aliphatic heterocycles. The van der Waals surface area contributed by atoms with Gasteiger partial charge in [-0.15, -0.1) is 0 Å². The third-order valence-corrected chi connectivity index (χ3v) is 10.3. The molecule has 28 heavy (non-hydrogen) atoms. The van der Waals surface area contributed by atoms with Crippen molar-refractivity contribution < 1.29 is 10.2 Å². The van der Waals surface area contributed by atoms with Gasteiger partial charge in [0.25, 0.3) is 0 Å². The summed E-state index contributed by atoms with van der Waals surface area (Å²) in [6.07, 6.45) is 17.2. The molecule has 0 aromatic rings. The Labute approximate surface area is 173 Å². The zero-order valence-electron chi connectivity index (χ0n) is 18.8. The summed E-state index contributed by atoms with van der Waals surface area (Å²) < 4.78 is 0. The summed E-state index contributed by atoms with van der Waals surface area (Å²) in [5, 5.41) is 22.2. The molecular formula is C26H44O2. The number of allylic oxidation sites excluding steroid dienone is 1. The molecule has 160 valence electrons. The van der Waals surface area contributed by atoms with Crippen molar-refractivity contribution in [1.29, 1.82) is 0 Å². The van der Waals surface area contributed by atoms with Crippen LogP contribution in [0.25, 0.3) is 0 Å². The first-order valence-corrected chi connectivity index (χ1v) is 12.3. The van der Waals surface area contributed by atoms with E-state index in [0.29, 0.717) is 23.2 Å². The van der Waals surface area contributed by atoms with Gasteiger partial charge in [-0.3, -0.25) is 0 Å². The SMILES string of the molecule is CC(C)CCCC[C@H]1CCC2C3C(CC[C@@]21C)[C@@]1(C)CCC=C[C@@]1(O)[C@@H]3CO. The Morgan fingerprint density at radius 2 is 1.82 bits per heavy atom. The van der Waals surface area contributed by atoms with Gasteiger partial charge in [-0.1, -0.05) is 59.1 Å². The fourth-order valence-electron chi connectivity index (χ4n) is 8.65. The lowest BCUT2D eigenvalue weighted by Gasteiger charge is -2.51. The van der Waals surface area contributed by atoms with Gasteiger partial charge in [0, 0.05) is 17.9 Å². The molecule has 0 spiro atoms. The van der Waals surface area contributed by atoms with Crippen molar-refractivity contribution >= 4 is 0 Å². The average molecular weight is 389 g/mol. The van der Waals surface area contributed by atoms with Crippen LogP contribution >= 0.6 is 0 Å². The predicted molar refractivity (Wildman–Crippen MR) is 116 cm³/mol. The van der Waals surface area contributed by atoms with Crippen molar-refractivity contribution in [2.24, 2.45) is 46.3 Å². The van der Waals surface area contributed by atoms with Crippen LogP contribution in [-0.2, 0) is 0 Å². The Bertz CT molecular complexity index is 597. The number of unbranched alkanes of at least 4 members (excludes halogenated alkanes) is 1. The van der Waals surface area contributed by atoms with E-state index in [4.69, 9.17) is 0 Å². The number of rotatable bonds is 6. The molecule has 4 aliphatic carbocycles. The maximum atomic E-state index is 11.8. The van der Waals surface area contributed by atoms with Gasteiger partial charge >= 0.3 is 0 Å². The van der Waals surface area contributed by atoms with E-state index in [1.54, 1.807) is 0 Å². The number of aliphatic hydroxyl groups is 2. The number of fused-ring (bicyclic) bond motifs is 5. The fourth-order valence-corrected chi connectivity index (χ4v) is 8.65. The van der Waals surface area contributed by atoms with Gasteiger partial charge in [0.1, 0.15) is 0 Å². The molecule has 3 saturated carbocycles. The molecule has 2 nitrogen and oxygen atoms in total. The zero-order valence-corrected chi connectivity index (χ0v) is 18.8. The Kier molecular flexibility index (Phi) is 5.54. The molecule has 0 aromatic carbocycles. The highest BCUT2D eigenvalue weighted by Gasteiger charge is 2.70. The third-order valence-electron chi connectivity index (χ3n) is 10.3. The molecule has 2 heteroatoms. The Morgan fingerprint density at radius 1 is 1.04 bits per heavy atom. The monoisotopic (exact) mass is 388 g/mol. The second-order valence-electron chi connectivity index (χ2n) is 11.8. The molecular weight excluding hydrogens is 344 g/mol. The van der Waals surface area contributed by atoms with Gasteiger partial charge in [0.15, 0.2) is 0 Å². The highest BCUT2D eigenvalue weighted by atomic mass is 16.3. The average Bonchev–Trinajstić information content (AvgIpc) is 3.08. The van der Waals surface area contributed by atoms with E-state index < -0.39 is 5.60 Å². The van der Waals surface area contributed by atoms with Gasteiger partial charge in [-0.05, 0) is 80.0 Å². The molecule has 0 radical (unpaired) electrons. The summed E-state index contributed by atoms with van der Waals surface area (Å²) >= 11 is 0. The van der Waals surface area contributed by atoms with E-state index in [1.165, 1.54) is 51.4 Å². The maximum Gasteiger partial charge on any atom is 0.0936 e.